The van der Waals surface area contributed by atoms with Crippen LogP contribution in [0.2, 0.25) is 0 Å². The zero-order valence-corrected chi connectivity index (χ0v) is 20.1. The van der Waals surface area contributed by atoms with E-state index >= 15 is 0 Å². The summed E-state index contributed by atoms with van der Waals surface area (Å²) in [6, 6.07) is 0. The van der Waals surface area contributed by atoms with Gasteiger partial charge in [0.05, 0.1) is 17.6 Å². The largest absolute Gasteiger partial charge is 0.461 e. The normalized spacial score (nSPS) is 30.2. The van der Waals surface area contributed by atoms with Crippen LogP contribution in [0.1, 0.15) is 80.1 Å². The van der Waals surface area contributed by atoms with Gasteiger partial charge in [0.25, 0.3) is 0 Å². The molecular weight excluding hydrogens is 392 g/mol. The Morgan fingerprint density at radius 1 is 1.23 bits per heavy atom. The van der Waals surface area contributed by atoms with E-state index in [2.05, 4.69) is 32.1 Å². The Balaban J connectivity index is 2.12. The molecule has 0 aromatic heterocycles. The van der Waals surface area contributed by atoms with Crippen molar-refractivity contribution in [3.8, 4) is 0 Å². The van der Waals surface area contributed by atoms with Crippen molar-refractivity contribution in [2.45, 2.75) is 98.4 Å². The van der Waals surface area contributed by atoms with Crippen LogP contribution >= 0.6 is 0 Å². The van der Waals surface area contributed by atoms with Crippen LogP contribution in [0.4, 0.5) is 0 Å². The molecule has 5 nitrogen and oxygen atoms in total. The van der Waals surface area contributed by atoms with Crippen molar-refractivity contribution in [3.63, 3.8) is 0 Å². The molecule has 0 amide bonds. The maximum Gasteiger partial charge on any atom is 0.311 e. The number of allylic oxidation sites excluding steroid dienone is 3. The molecule has 1 unspecified atom stereocenters. The van der Waals surface area contributed by atoms with E-state index in [0.29, 0.717) is 18.3 Å². The van der Waals surface area contributed by atoms with E-state index in [1.54, 1.807) is 0 Å². The van der Waals surface area contributed by atoms with E-state index in [-0.39, 0.29) is 42.5 Å². The van der Waals surface area contributed by atoms with Crippen LogP contribution in [0, 0.1) is 29.1 Å². The van der Waals surface area contributed by atoms with Gasteiger partial charge in [-0.15, -0.1) is 0 Å². The number of carbonyl (C=O) groups excluding carboxylic acids is 2. The number of ketones is 1. The Labute approximate surface area is 187 Å². The first kappa shape index (κ1) is 25.8. The predicted octanol–water partition coefficient (Wildman–Crippen LogP) is 4.61. The first-order chi connectivity index (χ1) is 14.4. The summed E-state index contributed by atoms with van der Waals surface area (Å²) < 4.78 is 6.13. The van der Waals surface area contributed by atoms with Gasteiger partial charge in [0.2, 0.25) is 0 Å². The molecule has 2 rings (SSSR count). The van der Waals surface area contributed by atoms with Crippen LogP contribution in [0.15, 0.2) is 23.8 Å². The fourth-order valence-electron chi connectivity index (χ4n) is 4.89. The molecule has 31 heavy (non-hydrogen) atoms. The van der Waals surface area contributed by atoms with Crippen molar-refractivity contribution in [3.05, 3.63) is 23.8 Å². The van der Waals surface area contributed by atoms with Gasteiger partial charge in [-0.1, -0.05) is 39.0 Å². The van der Waals surface area contributed by atoms with Gasteiger partial charge in [0.1, 0.15) is 11.9 Å². The number of hydrogen-bond acceptors (Lipinski definition) is 5. The summed E-state index contributed by atoms with van der Waals surface area (Å²) in [5.74, 6) is 0.830. The molecule has 0 saturated carbocycles. The Morgan fingerprint density at radius 2 is 1.90 bits per heavy atom. The SMILES string of the molecule is CCC(C)(C)C(=O)O[C@H]1C[C@@H](C)C=C2C=C[C@H](C)[C@H](CC[C@@H](O)C[C@@H](O)CC(C)=O)C21. The van der Waals surface area contributed by atoms with Gasteiger partial charge in [-0.05, 0) is 76.2 Å². The first-order valence-corrected chi connectivity index (χ1v) is 11.9. The Kier molecular flexibility index (Phi) is 9.08. The van der Waals surface area contributed by atoms with Crippen molar-refractivity contribution < 1.29 is 24.5 Å². The monoisotopic (exact) mass is 434 g/mol. The van der Waals surface area contributed by atoms with Crippen LogP contribution in [0.3, 0.4) is 0 Å². The lowest BCUT2D eigenvalue weighted by atomic mass is 9.65. The highest BCUT2D eigenvalue weighted by molar-refractivity contribution is 5.76. The van der Waals surface area contributed by atoms with Crippen molar-refractivity contribution in [2.24, 2.45) is 29.1 Å². The number of aliphatic hydroxyl groups is 2. The average Bonchev–Trinajstić information content (AvgIpc) is 2.66. The third-order valence-corrected chi connectivity index (χ3v) is 7.19. The highest BCUT2D eigenvalue weighted by Gasteiger charge is 2.42. The third-order valence-electron chi connectivity index (χ3n) is 7.19. The highest BCUT2D eigenvalue weighted by Crippen LogP contribution is 2.45. The lowest BCUT2D eigenvalue weighted by molar-refractivity contribution is -0.164. The molecule has 0 radical (unpaired) electrons. The molecule has 0 heterocycles. The van der Waals surface area contributed by atoms with Crippen molar-refractivity contribution in [1.29, 1.82) is 0 Å². The van der Waals surface area contributed by atoms with Crippen LogP contribution in [-0.2, 0) is 14.3 Å². The second-order valence-corrected chi connectivity index (χ2v) is 10.5. The van der Waals surface area contributed by atoms with Gasteiger partial charge < -0.3 is 14.9 Å². The summed E-state index contributed by atoms with van der Waals surface area (Å²) in [5, 5.41) is 20.4. The summed E-state index contributed by atoms with van der Waals surface area (Å²) >= 11 is 0. The maximum atomic E-state index is 12.9. The fraction of sp³-hybridized carbons (Fsp3) is 0.769. The molecule has 176 valence electrons. The van der Waals surface area contributed by atoms with Crippen LogP contribution in [0.5, 0.6) is 0 Å². The number of hydrogen-bond donors (Lipinski definition) is 2. The molecule has 2 aliphatic rings. The zero-order valence-electron chi connectivity index (χ0n) is 20.1. The minimum Gasteiger partial charge on any atom is -0.461 e. The quantitative estimate of drug-likeness (QED) is 0.491. The van der Waals surface area contributed by atoms with E-state index in [4.69, 9.17) is 4.74 Å². The summed E-state index contributed by atoms with van der Waals surface area (Å²) in [4.78, 5) is 24.0. The molecule has 0 fully saturated rings. The van der Waals surface area contributed by atoms with E-state index in [1.807, 2.05) is 20.8 Å². The van der Waals surface area contributed by atoms with Crippen LogP contribution in [-0.4, -0.2) is 40.3 Å². The summed E-state index contributed by atoms with van der Waals surface area (Å²) in [7, 11) is 0. The van der Waals surface area contributed by atoms with Gasteiger partial charge in [-0.25, -0.2) is 0 Å². The average molecular weight is 435 g/mol. The number of rotatable bonds is 10. The van der Waals surface area contributed by atoms with Crippen LogP contribution < -0.4 is 0 Å². The molecule has 7 atom stereocenters. The Morgan fingerprint density at radius 3 is 2.52 bits per heavy atom. The topological polar surface area (TPSA) is 83.8 Å². The molecule has 0 spiro atoms. The lowest BCUT2D eigenvalue weighted by Gasteiger charge is -2.44. The summed E-state index contributed by atoms with van der Waals surface area (Å²) in [6.07, 6.45) is 8.26. The molecule has 2 N–H and O–H groups in total. The first-order valence-electron chi connectivity index (χ1n) is 11.9. The number of esters is 1. The predicted molar refractivity (Wildman–Crippen MR) is 122 cm³/mol. The van der Waals surface area contributed by atoms with E-state index in [9.17, 15) is 19.8 Å². The number of aliphatic hydroxyl groups excluding tert-OH is 2. The number of fused-ring (bicyclic) bond motifs is 1. The summed E-state index contributed by atoms with van der Waals surface area (Å²) in [6.45, 7) is 11.7. The van der Waals surface area contributed by atoms with Gasteiger partial charge >= 0.3 is 5.97 Å². The molecule has 0 aromatic rings. The standard InChI is InChI=1S/C26H42O5/c1-7-26(5,6)25(30)31-23-13-16(2)12-19-9-8-17(3)22(24(19)23)11-10-20(28)15-21(29)14-18(4)27/h8-9,12,16-17,20-24,28-29H,7,10-11,13-15H2,1-6H3/t16-,17-,20+,21-,22-,23-,24?/m0/s1. The number of carbonyl (C=O) groups is 2. The molecule has 5 heteroatoms. The Bertz CT molecular complexity index is 692. The highest BCUT2D eigenvalue weighted by atomic mass is 16.5. The minimum atomic E-state index is -0.799. The molecule has 0 aliphatic heterocycles. The van der Waals surface area contributed by atoms with Crippen molar-refractivity contribution in [2.75, 3.05) is 0 Å². The third kappa shape index (κ3) is 7.01. The second kappa shape index (κ2) is 10.9. The van der Waals surface area contributed by atoms with Gasteiger partial charge in [-0.3, -0.25) is 9.59 Å². The number of ether oxygens (including phenoxy) is 1. The molecule has 0 bridgehead atoms. The van der Waals surface area contributed by atoms with Gasteiger partial charge in [0.15, 0.2) is 0 Å². The van der Waals surface area contributed by atoms with Gasteiger partial charge in [0, 0.05) is 12.3 Å². The summed E-state index contributed by atoms with van der Waals surface area (Å²) in [5.41, 5.74) is 0.735. The van der Waals surface area contributed by atoms with Crippen LogP contribution in [0.25, 0.3) is 0 Å². The van der Waals surface area contributed by atoms with Crippen molar-refractivity contribution >= 4 is 11.8 Å². The number of Topliss-reactive ketones (excluding diaryl/α,β-unsaturated/α-hetero) is 1. The minimum absolute atomic E-state index is 0.0727. The molecule has 0 aromatic carbocycles. The molecule has 2 aliphatic carbocycles. The lowest BCUT2D eigenvalue weighted by Crippen LogP contribution is -2.43. The maximum absolute atomic E-state index is 12.9. The fourth-order valence-corrected chi connectivity index (χ4v) is 4.89. The zero-order chi connectivity index (χ0) is 23.3. The van der Waals surface area contributed by atoms with Crippen molar-refractivity contribution in [1.82, 2.24) is 0 Å². The molecular formula is C26H42O5. The van der Waals surface area contributed by atoms with Gasteiger partial charge in [-0.2, -0.15) is 0 Å². The van der Waals surface area contributed by atoms with E-state index in [0.717, 1.165) is 19.3 Å². The van der Waals surface area contributed by atoms with E-state index in [1.165, 1.54) is 12.5 Å². The second-order valence-electron chi connectivity index (χ2n) is 10.5. The Hall–Kier alpha value is -1.46. The smallest absolute Gasteiger partial charge is 0.311 e. The van der Waals surface area contributed by atoms with E-state index < -0.39 is 17.6 Å². The molecule has 0 saturated heterocycles.